The predicted octanol–water partition coefficient (Wildman–Crippen LogP) is 4.19. The van der Waals surface area contributed by atoms with E-state index in [2.05, 4.69) is 62.2 Å². The van der Waals surface area contributed by atoms with E-state index in [1.165, 1.54) is 16.7 Å². The van der Waals surface area contributed by atoms with Crippen LogP contribution in [-0.4, -0.2) is 10.2 Å². The summed E-state index contributed by atoms with van der Waals surface area (Å²) in [7, 11) is 0. The fraction of sp³-hybridized carbons (Fsp3) is 0.353. The zero-order valence-corrected chi connectivity index (χ0v) is 13.4. The van der Waals surface area contributed by atoms with Gasteiger partial charge in [0, 0.05) is 17.0 Å². The summed E-state index contributed by atoms with van der Waals surface area (Å²) in [5.41, 5.74) is 11.1. The van der Waals surface area contributed by atoms with Crippen molar-refractivity contribution in [2.75, 3.05) is 0 Å². The molecule has 2 unspecified atom stereocenters. The predicted molar refractivity (Wildman–Crippen MR) is 87.1 cm³/mol. The highest BCUT2D eigenvalue weighted by molar-refractivity contribution is 7.99. The van der Waals surface area contributed by atoms with E-state index in [4.69, 9.17) is 5.73 Å². The minimum absolute atomic E-state index is 0.0169. The van der Waals surface area contributed by atoms with Crippen molar-refractivity contribution in [3.05, 3.63) is 58.8 Å². The maximum Gasteiger partial charge on any atom is 0.0968 e. The number of thioether (sulfide) groups is 1. The van der Waals surface area contributed by atoms with Crippen molar-refractivity contribution in [1.82, 2.24) is 4.98 Å². The van der Waals surface area contributed by atoms with Gasteiger partial charge in [0.25, 0.3) is 0 Å². The summed E-state index contributed by atoms with van der Waals surface area (Å²) in [6, 6.07) is 12.7. The number of nitrogens with zero attached hydrogens (tertiary/aromatic N) is 1. The molecule has 2 atom stereocenters. The van der Waals surface area contributed by atoms with Gasteiger partial charge in [0.15, 0.2) is 0 Å². The monoisotopic (exact) mass is 286 g/mol. The smallest absolute Gasteiger partial charge is 0.0968 e. The van der Waals surface area contributed by atoms with Crippen LogP contribution < -0.4 is 5.73 Å². The van der Waals surface area contributed by atoms with Crippen molar-refractivity contribution in [2.24, 2.45) is 5.73 Å². The number of aryl methyl sites for hydroxylation is 3. The fourth-order valence-electron chi connectivity index (χ4n) is 2.19. The van der Waals surface area contributed by atoms with Gasteiger partial charge in [-0.1, -0.05) is 36.8 Å². The highest BCUT2D eigenvalue weighted by Gasteiger charge is 2.16. The van der Waals surface area contributed by atoms with Crippen LogP contribution in [0.4, 0.5) is 0 Å². The first kappa shape index (κ1) is 15.1. The Morgan fingerprint density at radius 3 is 2.25 bits per heavy atom. The SMILES string of the molecule is Cc1ccc(C(N)C(C)Sc2cc(C)cc(C)n2)cc1. The van der Waals surface area contributed by atoms with Crippen LogP contribution in [0.1, 0.15) is 35.3 Å². The Morgan fingerprint density at radius 1 is 1.00 bits per heavy atom. The van der Waals surface area contributed by atoms with Gasteiger partial charge in [-0.15, -0.1) is 11.8 Å². The zero-order valence-electron chi connectivity index (χ0n) is 12.6. The van der Waals surface area contributed by atoms with Crippen molar-refractivity contribution in [1.29, 1.82) is 0 Å². The van der Waals surface area contributed by atoms with E-state index in [0.29, 0.717) is 0 Å². The summed E-state index contributed by atoms with van der Waals surface area (Å²) in [6.45, 7) is 8.38. The lowest BCUT2D eigenvalue weighted by Gasteiger charge is -2.20. The van der Waals surface area contributed by atoms with Gasteiger partial charge in [0.05, 0.1) is 5.03 Å². The molecule has 106 valence electrons. The minimum atomic E-state index is 0.0169. The van der Waals surface area contributed by atoms with Gasteiger partial charge in [-0.2, -0.15) is 0 Å². The fourth-order valence-corrected chi connectivity index (χ4v) is 3.32. The molecule has 0 bridgehead atoms. The summed E-state index contributed by atoms with van der Waals surface area (Å²) >= 11 is 1.74. The molecule has 0 aliphatic heterocycles. The number of hydrogen-bond acceptors (Lipinski definition) is 3. The Hall–Kier alpha value is -1.32. The van der Waals surface area contributed by atoms with Gasteiger partial charge in [-0.3, -0.25) is 0 Å². The van der Waals surface area contributed by atoms with Crippen LogP contribution in [0.15, 0.2) is 41.4 Å². The van der Waals surface area contributed by atoms with Crippen LogP contribution in [0.5, 0.6) is 0 Å². The average molecular weight is 286 g/mol. The summed E-state index contributed by atoms with van der Waals surface area (Å²) in [4.78, 5) is 4.57. The summed E-state index contributed by atoms with van der Waals surface area (Å²) in [5, 5.41) is 1.34. The molecule has 2 rings (SSSR count). The molecule has 0 spiro atoms. The molecule has 1 aromatic carbocycles. The van der Waals surface area contributed by atoms with Gasteiger partial charge < -0.3 is 5.73 Å². The highest BCUT2D eigenvalue weighted by atomic mass is 32.2. The van der Waals surface area contributed by atoms with Crippen molar-refractivity contribution < 1.29 is 0 Å². The normalized spacial score (nSPS) is 14.1. The second kappa shape index (κ2) is 6.42. The van der Waals surface area contributed by atoms with Crippen LogP contribution in [0.3, 0.4) is 0 Å². The van der Waals surface area contributed by atoms with Crippen LogP contribution >= 0.6 is 11.8 Å². The molecule has 0 radical (unpaired) electrons. The average Bonchev–Trinajstić information content (AvgIpc) is 2.37. The Balaban J connectivity index is 2.10. The molecule has 2 nitrogen and oxygen atoms in total. The van der Waals surface area contributed by atoms with Crippen molar-refractivity contribution in [3.8, 4) is 0 Å². The molecule has 2 N–H and O–H groups in total. The molecule has 0 fully saturated rings. The zero-order chi connectivity index (χ0) is 14.7. The van der Waals surface area contributed by atoms with E-state index in [9.17, 15) is 0 Å². The molecule has 20 heavy (non-hydrogen) atoms. The van der Waals surface area contributed by atoms with Crippen molar-refractivity contribution in [3.63, 3.8) is 0 Å². The number of rotatable bonds is 4. The number of nitrogens with two attached hydrogens (primary N) is 1. The van der Waals surface area contributed by atoms with Crippen LogP contribution in [0.25, 0.3) is 0 Å². The lowest BCUT2D eigenvalue weighted by molar-refractivity contribution is 0.713. The van der Waals surface area contributed by atoms with Gasteiger partial charge in [0.2, 0.25) is 0 Å². The number of pyridine rings is 1. The summed E-state index contributed by atoms with van der Waals surface area (Å²) in [5.74, 6) is 0. The van der Waals surface area contributed by atoms with Crippen LogP contribution in [-0.2, 0) is 0 Å². The Kier molecular flexibility index (Phi) is 4.84. The Labute approximate surface area is 125 Å². The van der Waals surface area contributed by atoms with Gasteiger partial charge in [-0.05, 0) is 44.0 Å². The van der Waals surface area contributed by atoms with E-state index >= 15 is 0 Å². The van der Waals surface area contributed by atoms with Crippen LogP contribution in [0, 0.1) is 20.8 Å². The molecule has 0 amide bonds. The van der Waals surface area contributed by atoms with E-state index in [0.717, 1.165) is 10.7 Å². The van der Waals surface area contributed by atoms with E-state index < -0.39 is 0 Å². The first-order chi connectivity index (χ1) is 9.45. The first-order valence-corrected chi connectivity index (χ1v) is 7.78. The lowest BCUT2D eigenvalue weighted by atomic mass is 10.0. The van der Waals surface area contributed by atoms with E-state index in [1.807, 2.05) is 6.92 Å². The lowest BCUT2D eigenvalue weighted by Crippen LogP contribution is -2.21. The number of aromatic nitrogens is 1. The van der Waals surface area contributed by atoms with Crippen LogP contribution in [0.2, 0.25) is 0 Å². The number of hydrogen-bond donors (Lipinski definition) is 1. The maximum atomic E-state index is 6.36. The maximum absolute atomic E-state index is 6.36. The molecule has 0 saturated carbocycles. The van der Waals surface area contributed by atoms with Crippen molar-refractivity contribution in [2.45, 2.75) is 44.0 Å². The second-order valence-electron chi connectivity index (χ2n) is 5.38. The third-order valence-corrected chi connectivity index (χ3v) is 4.46. The Bertz CT molecular complexity index is 558. The van der Waals surface area contributed by atoms with E-state index in [1.54, 1.807) is 11.8 Å². The van der Waals surface area contributed by atoms with Gasteiger partial charge in [-0.25, -0.2) is 4.98 Å². The molecule has 0 saturated heterocycles. The third-order valence-electron chi connectivity index (χ3n) is 3.35. The molecular weight excluding hydrogens is 264 g/mol. The van der Waals surface area contributed by atoms with Crippen molar-refractivity contribution >= 4 is 11.8 Å². The van der Waals surface area contributed by atoms with Gasteiger partial charge >= 0.3 is 0 Å². The minimum Gasteiger partial charge on any atom is -0.323 e. The molecule has 0 aliphatic carbocycles. The first-order valence-electron chi connectivity index (χ1n) is 6.90. The molecule has 3 heteroatoms. The number of benzene rings is 1. The second-order valence-corrected chi connectivity index (χ2v) is 6.78. The topological polar surface area (TPSA) is 38.9 Å². The molecule has 1 aromatic heterocycles. The molecule has 2 aromatic rings. The standard InChI is InChI=1S/C17H22N2S/c1-11-5-7-15(8-6-11)17(18)14(4)20-16-10-12(2)9-13(3)19-16/h5-10,14,17H,18H2,1-4H3. The summed E-state index contributed by atoms with van der Waals surface area (Å²) < 4.78 is 0. The molecule has 1 heterocycles. The third kappa shape index (κ3) is 3.84. The van der Waals surface area contributed by atoms with Gasteiger partial charge in [0.1, 0.15) is 0 Å². The summed E-state index contributed by atoms with van der Waals surface area (Å²) in [6.07, 6.45) is 0. The van der Waals surface area contributed by atoms with E-state index in [-0.39, 0.29) is 11.3 Å². The molecular formula is C17H22N2S. The largest absolute Gasteiger partial charge is 0.323 e. The quantitative estimate of drug-likeness (QED) is 0.857. The molecule has 0 aliphatic rings. The highest BCUT2D eigenvalue weighted by Crippen LogP contribution is 2.30. The Morgan fingerprint density at radius 2 is 1.65 bits per heavy atom.